The molecule has 0 bridgehead atoms. The van der Waals surface area contributed by atoms with Gasteiger partial charge >= 0.3 is 0 Å². The molecule has 0 aromatic heterocycles. The highest BCUT2D eigenvalue weighted by molar-refractivity contribution is 7.93. The zero-order chi connectivity index (χ0) is 23.7. The molecule has 6 nitrogen and oxygen atoms in total. The Morgan fingerprint density at radius 2 is 1.53 bits per heavy atom. The van der Waals surface area contributed by atoms with Gasteiger partial charge in [0.15, 0.2) is 14.6 Å². The zero-order valence-electron chi connectivity index (χ0n) is 19.4. The molecule has 2 amide bonds. The Morgan fingerprint density at radius 3 is 2.09 bits per heavy atom. The van der Waals surface area contributed by atoms with Crippen LogP contribution in [0.4, 0.5) is 5.69 Å². The smallest absolute Gasteiger partial charge is 0.251 e. The van der Waals surface area contributed by atoms with Crippen LogP contribution in [0.25, 0.3) is 0 Å². The molecule has 1 fully saturated rings. The van der Waals surface area contributed by atoms with E-state index in [0.29, 0.717) is 42.5 Å². The zero-order valence-corrected chi connectivity index (χ0v) is 20.2. The van der Waals surface area contributed by atoms with Crippen LogP contribution in [0.2, 0.25) is 0 Å². The summed E-state index contributed by atoms with van der Waals surface area (Å²) in [6, 6.07) is 11.8. The van der Waals surface area contributed by atoms with Gasteiger partial charge in [-0.05, 0) is 88.9 Å². The molecule has 0 atom stereocenters. The molecular weight excluding hydrogens is 424 g/mol. The summed E-state index contributed by atoms with van der Waals surface area (Å²) in [5.41, 5.74) is 2.05. The van der Waals surface area contributed by atoms with Crippen LogP contribution in [-0.4, -0.2) is 30.5 Å². The predicted octanol–water partition coefficient (Wildman–Crippen LogP) is 4.56. The van der Waals surface area contributed by atoms with Crippen molar-refractivity contribution in [3.8, 4) is 0 Å². The SMILES string of the molecule is Cc1ccc(C)c(S(=O)(=O)C2(C(=O)Nc3ccc(C(=O)NC(C)(C)C)cc3)CCCC2)c1. The lowest BCUT2D eigenvalue weighted by Crippen LogP contribution is -2.47. The molecule has 172 valence electrons. The first-order valence-corrected chi connectivity index (χ1v) is 12.4. The normalized spacial score (nSPS) is 15.9. The minimum atomic E-state index is -3.89. The van der Waals surface area contributed by atoms with E-state index in [1.165, 1.54) is 0 Å². The van der Waals surface area contributed by atoms with Crippen LogP contribution in [0, 0.1) is 13.8 Å². The molecule has 32 heavy (non-hydrogen) atoms. The number of amides is 2. The van der Waals surface area contributed by atoms with Crippen molar-refractivity contribution < 1.29 is 18.0 Å². The molecule has 0 saturated heterocycles. The van der Waals surface area contributed by atoms with Gasteiger partial charge in [0.1, 0.15) is 0 Å². The van der Waals surface area contributed by atoms with Gasteiger partial charge in [0.05, 0.1) is 4.90 Å². The summed E-state index contributed by atoms with van der Waals surface area (Å²) >= 11 is 0. The lowest BCUT2D eigenvalue weighted by atomic mass is 10.1. The van der Waals surface area contributed by atoms with Crippen molar-refractivity contribution in [1.82, 2.24) is 5.32 Å². The van der Waals surface area contributed by atoms with Gasteiger partial charge in [-0.25, -0.2) is 8.42 Å². The molecule has 0 heterocycles. The Hall–Kier alpha value is -2.67. The highest BCUT2D eigenvalue weighted by Gasteiger charge is 2.53. The number of sulfone groups is 1. The highest BCUT2D eigenvalue weighted by atomic mass is 32.2. The minimum absolute atomic E-state index is 0.208. The fourth-order valence-corrected chi connectivity index (χ4v) is 6.51. The Labute approximate surface area is 190 Å². The van der Waals surface area contributed by atoms with Gasteiger partial charge in [0.25, 0.3) is 5.91 Å². The van der Waals surface area contributed by atoms with E-state index in [4.69, 9.17) is 0 Å². The summed E-state index contributed by atoms with van der Waals surface area (Å²) in [5, 5.41) is 5.69. The van der Waals surface area contributed by atoms with Crippen molar-refractivity contribution >= 4 is 27.3 Å². The van der Waals surface area contributed by atoms with Crippen LogP contribution >= 0.6 is 0 Å². The molecule has 3 rings (SSSR count). The molecule has 7 heteroatoms. The van der Waals surface area contributed by atoms with Gasteiger partial charge in [-0.1, -0.05) is 25.0 Å². The third kappa shape index (κ3) is 4.72. The Morgan fingerprint density at radius 1 is 0.938 bits per heavy atom. The van der Waals surface area contributed by atoms with E-state index in [0.717, 1.165) is 5.56 Å². The first-order chi connectivity index (χ1) is 14.9. The number of anilines is 1. The molecule has 2 aromatic rings. The van der Waals surface area contributed by atoms with Crippen molar-refractivity contribution in [2.45, 2.75) is 75.5 Å². The monoisotopic (exact) mass is 456 g/mol. The molecule has 1 aliphatic carbocycles. The highest BCUT2D eigenvalue weighted by Crippen LogP contribution is 2.42. The largest absolute Gasteiger partial charge is 0.347 e. The van der Waals surface area contributed by atoms with E-state index in [1.807, 2.05) is 33.8 Å². The third-order valence-corrected chi connectivity index (χ3v) is 8.51. The Bertz CT molecular complexity index is 1120. The topological polar surface area (TPSA) is 92.3 Å². The molecule has 1 saturated carbocycles. The number of benzene rings is 2. The predicted molar refractivity (Wildman–Crippen MR) is 127 cm³/mol. The number of hydrogen-bond acceptors (Lipinski definition) is 4. The minimum Gasteiger partial charge on any atom is -0.347 e. The standard InChI is InChI=1S/C25H32N2O4S/c1-17-8-9-18(2)21(16-17)32(30,31)25(14-6-7-15-25)23(29)26-20-12-10-19(11-13-20)22(28)27-24(3,4)5/h8-13,16H,6-7,14-15H2,1-5H3,(H,26,29)(H,27,28). The Kier molecular flexibility index (Phi) is 6.52. The van der Waals surface area contributed by atoms with Gasteiger partial charge in [0, 0.05) is 16.8 Å². The van der Waals surface area contributed by atoms with Crippen molar-refractivity contribution in [1.29, 1.82) is 0 Å². The van der Waals surface area contributed by atoms with Crippen LogP contribution in [0.5, 0.6) is 0 Å². The lowest BCUT2D eigenvalue weighted by Gasteiger charge is -2.28. The second-order valence-corrected chi connectivity index (χ2v) is 11.9. The maximum Gasteiger partial charge on any atom is 0.251 e. The summed E-state index contributed by atoms with van der Waals surface area (Å²) < 4.78 is 26.0. The third-order valence-electron chi connectivity index (χ3n) is 5.87. The fraction of sp³-hybridized carbons (Fsp3) is 0.440. The van der Waals surface area contributed by atoms with Gasteiger partial charge in [-0.3, -0.25) is 9.59 Å². The number of aryl methyl sites for hydroxylation is 2. The van der Waals surface area contributed by atoms with Crippen molar-refractivity contribution in [2.24, 2.45) is 0 Å². The number of hydrogen-bond donors (Lipinski definition) is 2. The molecule has 2 N–H and O–H groups in total. The number of nitrogens with one attached hydrogen (secondary N) is 2. The molecular formula is C25H32N2O4S. The fourth-order valence-electron chi connectivity index (χ4n) is 4.13. The van der Waals surface area contributed by atoms with Gasteiger partial charge in [0.2, 0.25) is 5.91 Å². The molecule has 0 aliphatic heterocycles. The van der Waals surface area contributed by atoms with Gasteiger partial charge < -0.3 is 10.6 Å². The van der Waals surface area contributed by atoms with Crippen LogP contribution in [0.3, 0.4) is 0 Å². The van der Waals surface area contributed by atoms with E-state index in [-0.39, 0.29) is 16.3 Å². The van der Waals surface area contributed by atoms with E-state index in [9.17, 15) is 18.0 Å². The number of carbonyl (C=O) groups is 2. The molecule has 0 radical (unpaired) electrons. The summed E-state index contributed by atoms with van der Waals surface area (Å²) in [6.45, 7) is 9.30. The van der Waals surface area contributed by atoms with E-state index < -0.39 is 20.5 Å². The summed E-state index contributed by atoms with van der Waals surface area (Å²) in [5.74, 6) is -0.720. The summed E-state index contributed by atoms with van der Waals surface area (Å²) in [7, 11) is -3.89. The lowest BCUT2D eigenvalue weighted by molar-refractivity contribution is -0.118. The van der Waals surface area contributed by atoms with Gasteiger partial charge in [-0.15, -0.1) is 0 Å². The molecule has 1 aliphatic rings. The van der Waals surface area contributed by atoms with Crippen molar-refractivity contribution in [3.63, 3.8) is 0 Å². The quantitative estimate of drug-likeness (QED) is 0.690. The maximum absolute atomic E-state index is 13.7. The first-order valence-electron chi connectivity index (χ1n) is 10.9. The van der Waals surface area contributed by atoms with Crippen LogP contribution in [0.1, 0.15) is 67.9 Å². The molecule has 0 spiro atoms. The van der Waals surface area contributed by atoms with Crippen molar-refractivity contribution in [3.05, 3.63) is 59.2 Å². The summed E-state index contributed by atoms with van der Waals surface area (Å²) in [6.07, 6.45) is 1.95. The van der Waals surface area contributed by atoms with Crippen LogP contribution < -0.4 is 10.6 Å². The second-order valence-electron chi connectivity index (χ2n) is 9.71. The van der Waals surface area contributed by atoms with E-state index in [1.54, 1.807) is 43.3 Å². The number of carbonyl (C=O) groups excluding carboxylic acids is 2. The van der Waals surface area contributed by atoms with E-state index in [2.05, 4.69) is 10.6 Å². The average Bonchev–Trinajstić information content (AvgIpc) is 3.21. The second kappa shape index (κ2) is 8.70. The van der Waals surface area contributed by atoms with E-state index >= 15 is 0 Å². The Balaban J connectivity index is 1.88. The molecule has 2 aromatic carbocycles. The van der Waals surface area contributed by atoms with Crippen molar-refractivity contribution in [2.75, 3.05) is 5.32 Å². The number of rotatable bonds is 5. The molecule has 0 unspecified atom stereocenters. The van der Waals surface area contributed by atoms with Gasteiger partial charge in [-0.2, -0.15) is 0 Å². The first kappa shape index (κ1) is 24.0. The summed E-state index contributed by atoms with van der Waals surface area (Å²) in [4.78, 5) is 25.9. The maximum atomic E-state index is 13.7. The van der Waals surface area contributed by atoms with Crippen LogP contribution in [0.15, 0.2) is 47.4 Å². The van der Waals surface area contributed by atoms with Crippen LogP contribution in [-0.2, 0) is 14.6 Å². The average molecular weight is 457 g/mol.